The molecule has 0 bridgehead atoms. The molecule has 2 heterocycles. The highest BCUT2D eigenvalue weighted by molar-refractivity contribution is 5.86. The number of nitrogens with one attached hydrogen (secondary N) is 1. The largest absolute Gasteiger partial charge is 0.460 e. The summed E-state index contributed by atoms with van der Waals surface area (Å²) in [5.74, 6) is 0.901. The number of amides is 1. The number of furan rings is 1. The van der Waals surface area contributed by atoms with Gasteiger partial charge in [0.1, 0.15) is 5.76 Å². The molecule has 1 saturated heterocycles. The van der Waals surface area contributed by atoms with Crippen LogP contribution in [0.5, 0.6) is 0 Å². The predicted octanol–water partition coefficient (Wildman–Crippen LogP) is 2.58. The lowest BCUT2D eigenvalue weighted by Crippen LogP contribution is -2.53. The number of nitrogens with zero attached hydrogens (tertiary/aromatic N) is 1. The van der Waals surface area contributed by atoms with Crippen molar-refractivity contribution in [2.75, 3.05) is 19.7 Å². The third-order valence-electron chi connectivity index (χ3n) is 4.43. The van der Waals surface area contributed by atoms with Crippen molar-refractivity contribution >= 4 is 11.9 Å². The number of hydrogen-bond acceptors (Lipinski definition) is 5. The van der Waals surface area contributed by atoms with Crippen molar-refractivity contribution in [3.63, 3.8) is 0 Å². The first-order valence-electron chi connectivity index (χ1n) is 8.66. The second kappa shape index (κ2) is 7.83. The standard InChI is InChI=1S/C18H28N2O4/c1-5-23-16(21)15-8-7-14(24-15)12-20-10-6-9-18(20,4)17(22)19-11-13(2)3/h7-8,13H,5-6,9-12H2,1-4H3,(H,19,22). The Morgan fingerprint density at radius 3 is 2.83 bits per heavy atom. The molecule has 0 radical (unpaired) electrons. The number of hydrogen-bond donors (Lipinski definition) is 1. The van der Waals surface area contributed by atoms with Gasteiger partial charge >= 0.3 is 5.97 Å². The van der Waals surface area contributed by atoms with Crippen molar-refractivity contribution in [2.45, 2.75) is 52.6 Å². The van der Waals surface area contributed by atoms with E-state index in [2.05, 4.69) is 24.1 Å². The van der Waals surface area contributed by atoms with Gasteiger partial charge in [-0.1, -0.05) is 13.8 Å². The molecule has 1 aromatic heterocycles. The van der Waals surface area contributed by atoms with Crippen LogP contribution in [0.25, 0.3) is 0 Å². The zero-order valence-electron chi connectivity index (χ0n) is 15.1. The van der Waals surface area contributed by atoms with Gasteiger partial charge in [0.15, 0.2) is 0 Å². The molecule has 1 unspecified atom stereocenters. The first-order chi connectivity index (χ1) is 11.4. The van der Waals surface area contributed by atoms with Crippen molar-refractivity contribution in [2.24, 2.45) is 5.92 Å². The molecule has 0 spiro atoms. The molecule has 1 aliphatic heterocycles. The van der Waals surface area contributed by atoms with Gasteiger partial charge in [0.05, 0.1) is 18.7 Å². The summed E-state index contributed by atoms with van der Waals surface area (Å²) in [6, 6.07) is 3.40. The molecule has 1 fully saturated rings. The van der Waals surface area contributed by atoms with E-state index < -0.39 is 11.5 Å². The molecule has 1 amide bonds. The number of rotatable bonds is 7. The van der Waals surface area contributed by atoms with Crippen LogP contribution in [-0.4, -0.2) is 42.0 Å². The van der Waals surface area contributed by atoms with Gasteiger partial charge in [0.2, 0.25) is 11.7 Å². The molecule has 1 N–H and O–H groups in total. The third kappa shape index (κ3) is 4.17. The van der Waals surface area contributed by atoms with E-state index in [0.29, 0.717) is 31.4 Å². The van der Waals surface area contributed by atoms with Crippen LogP contribution in [0.15, 0.2) is 16.5 Å². The summed E-state index contributed by atoms with van der Waals surface area (Å²) in [4.78, 5) is 26.4. The number of likely N-dealkylation sites (tertiary alicyclic amines) is 1. The van der Waals surface area contributed by atoms with Gasteiger partial charge < -0.3 is 14.5 Å². The first-order valence-corrected chi connectivity index (χ1v) is 8.66. The fourth-order valence-corrected chi connectivity index (χ4v) is 2.98. The Balaban J connectivity index is 2.03. The Kier molecular flexibility index (Phi) is 6.04. The summed E-state index contributed by atoms with van der Waals surface area (Å²) in [7, 11) is 0. The number of carbonyl (C=O) groups excluding carboxylic acids is 2. The van der Waals surface area contributed by atoms with Crippen LogP contribution < -0.4 is 5.32 Å². The second-order valence-electron chi connectivity index (χ2n) is 6.89. The molecule has 1 aliphatic rings. The van der Waals surface area contributed by atoms with Crippen LogP contribution >= 0.6 is 0 Å². The van der Waals surface area contributed by atoms with Crippen LogP contribution in [-0.2, 0) is 16.1 Å². The number of esters is 1. The minimum atomic E-state index is -0.536. The van der Waals surface area contributed by atoms with Crippen LogP contribution in [0, 0.1) is 5.92 Å². The van der Waals surface area contributed by atoms with E-state index in [0.717, 1.165) is 19.4 Å². The topological polar surface area (TPSA) is 71.8 Å². The molecular weight excluding hydrogens is 308 g/mol. The fraction of sp³-hybridized carbons (Fsp3) is 0.667. The average molecular weight is 336 g/mol. The molecule has 24 heavy (non-hydrogen) atoms. The molecule has 6 nitrogen and oxygen atoms in total. The minimum Gasteiger partial charge on any atom is -0.460 e. The molecule has 1 aromatic rings. The smallest absolute Gasteiger partial charge is 0.374 e. The molecule has 6 heteroatoms. The summed E-state index contributed by atoms with van der Waals surface area (Å²) in [5.41, 5.74) is -0.536. The van der Waals surface area contributed by atoms with Gasteiger partial charge in [-0.25, -0.2) is 4.79 Å². The molecule has 134 valence electrons. The van der Waals surface area contributed by atoms with Crippen molar-refractivity contribution in [3.05, 3.63) is 23.7 Å². The minimum absolute atomic E-state index is 0.0610. The quantitative estimate of drug-likeness (QED) is 0.775. The van der Waals surface area contributed by atoms with E-state index in [4.69, 9.17) is 9.15 Å². The normalized spacial score (nSPS) is 21.2. The zero-order chi connectivity index (χ0) is 17.7. The van der Waals surface area contributed by atoms with Crippen LogP contribution in [0.1, 0.15) is 56.9 Å². The van der Waals surface area contributed by atoms with Crippen molar-refractivity contribution in [3.8, 4) is 0 Å². The molecule has 2 rings (SSSR count). The maximum atomic E-state index is 12.6. The lowest BCUT2D eigenvalue weighted by molar-refractivity contribution is -0.131. The summed E-state index contributed by atoms with van der Waals surface area (Å²) in [5, 5.41) is 3.04. The molecule has 0 aliphatic carbocycles. The van der Waals surface area contributed by atoms with Crippen molar-refractivity contribution in [1.82, 2.24) is 10.2 Å². The number of carbonyl (C=O) groups is 2. The average Bonchev–Trinajstić information content (AvgIpc) is 3.14. The van der Waals surface area contributed by atoms with Crippen molar-refractivity contribution in [1.29, 1.82) is 0 Å². The Morgan fingerprint density at radius 1 is 1.42 bits per heavy atom. The van der Waals surface area contributed by atoms with Crippen LogP contribution in [0.4, 0.5) is 0 Å². The summed E-state index contributed by atoms with van der Waals surface area (Å²) >= 11 is 0. The van der Waals surface area contributed by atoms with Gasteiger partial charge in [-0.05, 0) is 51.3 Å². The zero-order valence-corrected chi connectivity index (χ0v) is 15.1. The monoisotopic (exact) mass is 336 g/mol. The van der Waals surface area contributed by atoms with Gasteiger partial charge in [-0.3, -0.25) is 9.69 Å². The summed E-state index contributed by atoms with van der Waals surface area (Å²) in [6.07, 6.45) is 1.79. The maximum absolute atomic E-state index is 12.6. The lowest BCUT2D eigenvalue weighted by Gasteiger charge is -2.33. The Labute approximate surface area is 143 Å². The highest BCUT2D eigenvalue weighted by atomic mass is 16.5. The van der Waals surface area contributed by atoms with Gasteiger partial charge in [-0.15, -0.1) is 0 Å². The van der Waals surface area contributed by atoms with E-state index in [-0.39, 0.29) is 11.7 Å². The van der Waals surface area contributed by atoms with E-state index in [1.165, 1.54) is 0 Å². The Morgan fingerprint density at radius 2 is 2.17 bits per heavy atom. The van der Waals surface area contributed by atoms with E-state index in [1.807, 2.05) is 6.92 Å². The van der Waals surface area contributed by atoms with E-state index in [9.17, 15) is 9.59 Å². The summed E-state index contributed by atoms with van der Waals surface area (Å²) < 4.78 is 10.5. The van der Waals surface area contributed by atoms with E-state index >= 15 is 0 Å². The Hall–Kier alpha value is -1.82. The van der Waals surface area contributed by atoms with Crippen molar-refractivity contribution < 1.29 is 18.7 Å². The highest BCUT2D eigenvalue weighted by Gasteiger charge is 2.43. The van der Waals surface area contributed by atoms with Crippen LogP contribution in [0.2, 0.25) is 0 Å². The van der Waals surface area contributed by atoms with Gasteiger partial charge in [0.25, 0.3) is 0 Å². The fourth-order valence-electron chi connectivity index (χ4n) is 2.98. The SMILES string of the molecule is CCOC(=O)c1ccc(CN2CCCC2(C)C(=O)NCC(C)C)o1. The Bertz CT molecular complexity index is 581. The van der Waals surface area contributed by atoms with E-state index in [1.54, 1.807) is 19.1 Å². The molecule has 1 atom stereocenters. The van der Waals surface area contributed by atoms with Gasteiger partial charge in [0, 0.05) is 6.54 Å². The third-order valence-corrected chi connectivity index (χ3v) is 4.43. The molecule has 0 aromatic carbocycles. The van der Waals surface area contributed by atoms with Gasteiger partial charge in [-0.2, -0.15) is 0 Å². The first kappa shape index (κ1) is 18.5. The van der Waals surface area contributed by atoms with Crippen LogP contribution in [0.3, 0.4) is 0 Å². The number of ether oxygens (including phenoxy) is 1. The second-order valence-corrected chi connectivity index (χ2v) is 6.89. The molecular formula is C18H28N2O4. The summed E-state index contributed by atoms with van der Waals surface area (Å²) in [6.45, 7) is 10.2. The lowest BCUT2D eigenvalue weighted by atomic mass is 9.97. The molecule has 0 saturated carbocycles. The predicted molar refractivity (Wildman–Crippen MR) is 90.6 cm³/mol. The highest BCUT2D eigenvalue weighted by Crippen LogP contribution is 2.31. The maximum Gasteiger partial charge on any atom is 0.374 e.